The van der Waals surface area contributed by atoms with Crippen LogP contribution in [0.3, 0.4) is 0 Å². The summed E-state index contributed by atoms with van der Waals surface area (Å²) in [6.45, 7) is 17.1. The zero-order valence-electron chi connectivity index (χ0n) is 18.1. The first-order valence-corrected chi connectivity index (χ1v) is 13.1. The van der Waals surface area contributed by atoms with Crippen molar-refractivity contribution in [1.29, 1.82) is 0 Å². The van der Waals surface area contributed by atoms with Crippen LogP contribution >= 0.6 is 0 Å². The number of amides is 1. The average molecular weight is 401 g/mol. The molecular weight excluding hydrogens is 364 g/mol. The van der Waals surface area contributed by atoms with Gasteiger partial charge in [-0.2, -0.15) is 0 Å². The fourth-order valence-corrected chi connectivity index (χ4v) is 4.38. The van der Waals surface area contributed by atoms with Crippen LogP contribution in [-0.2, 0) is 9.22 Å². The van der Waals surface area contributed by atoms with Gasteiger partial charge in [0.15, 0.2) is 8.32 Å². The number of nitrogens with one attached hydrogen (secondary N) is 1. The maximum Gasteiger partial charge on any atom is 0.236 e. The molecular formula is C23H36N2O2Si. The molecule has 0 bridgehead atoms. The van der Waals surface area contributed by atoms with E-state index in [2.05, 4.69) is 70.0 Å². The van der Waals surface area contributed by atoms with Crippen LogP contribution in [0.1, 0.15) is 32.8 Å². The van der Waals surface area contributed by atoms with E-state index in [1.165, 1.54) is 0 Å². The topological polar surface area (TPSA) is 41.6 Å². The molecule has 0 spiro atoms. The Morgan fingerprint density at radius 1 is 1.29 bits per heavy atom. The molecule has 5 heteroatoms. The SMILES string of the molecule is C=CC[C@@H]([C@@H](/C=C/c1ccccc1)O[Si](C)(C)C(C)(C)C)N1CCNCC1=O. The van der Waals surface area contributed by atoms with E-state index < -0.39 is 8.32 Å². The van der Waals surface area contributed by atoms with Gasteiger partial charge in [0.05, 0.1) is 18.7 Å². The molecule has 2 atom stereocenters. The zero-order chi connectivity index (χ0) is 20.8. The Bertz CT molecular complexity index is 680. The Labute approximate surface area is 171 Å². The number of nitrogens with zero attached hydrogens (tertiary/aromatic N) is 1. The Balaban J connectivity index is 2.36. The van der Waals surface area contributed by atoms with E-state index in [4.69, 9.17) is 4.43 Å². The molecule has 28 heavy (non-hydrogen) atoms. The van der Waals surface area contributed by atoms with Crippen molar-refractivity contribution in [3.63, 3.8) is 0 Å². The molecule has 4 nitrogen and oxygen atoms in total. The van der Waals surface area contributed by atoms with Gasteiger partial charge < -0.3 is 14.6 Å². The number of carbonyl (C=O) groups is 1. The average Bonchev–Trinajstić information content (AvgIpc) is 2.64. The van der Waals surface area contributed by atoms with Crippen molar-refractivity contribution in [3.05, 3.63) is 54.6 Å². The van der Waals surface area contributed by atoms with Crippen LogP contribution in [0.2, 0.25) is 18.1 Å². The fraction of sp³-hybridized carbons (Fsp3) is 0.522. The Morgan fingerprint density at radius 3 is 2.54 bits per heavy atom. The summed E-state index contributed by atoms with van der Waals surface area (Å²) in [5, 5.41) is 3.26. The molecule has 1 aliphatic heterocycles. The molecule has 1 fully saturated rings. The van der Waals surface area contributed by atoms with Gasteiger partial charge in [-0.1, -0.05) is 69.3 Å². The monoisotopic (exact) mass is 400 g/mol. The quantitative estimate of drug-likeness (QED) is 0.517. The molecule has 0 aliphatic carbocycles. The molecule has 154 valence electrons. The van der Waals surface area contributed by atoms with Crippen LogP contribution in [0.15, 0.2) is 49.1 Å². The normalized spacial score (nSPS) is 18.3. The molecule has 1 aliphatic rings. The highest BCUT2D eigenvalue weighted by Gasteiger charge is 2.41. The third-order valence-corrected chi connectivity index (χ3v) is 10.3. The largest absolute Gasteiger partial charge is 0.408 e. The van der Waals surface area contributed by atoms with Gasteiger partial charge in [-0.15, -0.1) is 6.58 Å². The second kappa shape index (κ2) is 9.68. The van der Waals surface area contributed by atoms with Crippen molar-refractivity contribution in [3.8, 4) is 0 Å². The van der Waals surface area contributed by atoms with Crippen molar-refractivity contribution in [2.75, 3.05) is 19.6 Å². The molecule has 1 aromatic carbocycles. The van der Waals surface area contributed by atoms with Gasteiger partial charge in [0, 0.05) is 13.1 Å². The van der Waals surface area contributed by atoms with Gasteiger partial charge in [0.25, 0.3) is 0 Å². The first-order chi connectivity index (χ1) is 13.2. The van der Waals surface area contributed by atoms with E-state index in [9.17, 15) is 4.79 Å². The number of benzene rings is 1. The summed E-state index contributed by atoms with van der Waals surface area (Å²) < 4.78 is 6.83. The van der Waals surface area contributed by atoms with Gasteiger partial charge in [-0.25, -0.2) is 0 Å². The fourth-order valence-electron chi connectivity index (χ4n) is 3.11. The van der Waals surface area contributed by atoms with Crippen molar-refractivity contribution in [2.24, 2.45) is 0 Å². The third kappa shape index (κ3) is 5.90. The number of piperazine rings is 1. The van der Waals surface area contributed by atoms with Crippen molar-refractivity contribution in [1.82, 2.24) is 10.2 Å². The molecule has 2 rings (SSSR count). The molecule has 1 aromatic rings. The Kier molecular flexibility index (Phi) is 7.81. The lowest BCUT2D eigenvalue weighted by Crippen LogP contribution is -2.57. The van der Waals surface area contributed by atoms with Gasteiger partial charge in [0.1, 0.15) is 0 Å². The summed E-state index contributed by atoms with van der Waals surface area (Å²) in [6.07, 6.45) is 6.70. The minimum Gasteiger partial charge on any atom is -0.408 e. The standard InChI is InChI=1S/C23H36N2O2Si/c1-7-11-20(25-17-16-24-18-22(25)26)21(27-28(5,6)23(2,3)4)15-14-19-12-9-8-10-13-19/h7-10,12-15,20-21,24H,1,11,16-18H2,2-6H3/b15-14+/t20-,21+/m0/s1. The van der Waals surface area contributed by atoms with Gasteiger partial charge in [-0.05, 0) is 30.1 Å². The van der Waals surface area contributed by atoms with E-state index in [0.717, 1.165) is 12.1 Å². The molecule has 0 saturated carbocycles. The molecule has 1 amide bonds. The van der Waals surface area contributed by atoms with Crippen LogP contribution in [0.25, 0.3) is 6.08 Å². The lowest BCUT2D eigenvalue weighted by Gasteiger charge is -2.44. The van der Waals surface area contributed by atoms with E-state index in [0.29, 0.717) is 19.5 Å². The number of rotatable bonds is 8. The second-order valence-electron chi connectivity index (χ2n) is 8.97. The predicted molar refractivity (Wildman–Crippen MR) is 121 cm³/mol. The first kappa shape index (κ1) is 22.6. The van der Waals surface area contributed by atoms with Crippen LogP contribution in [0, 0.1) is 0 Å². The van der Waals surface area contributed by atoms with Crippen LogP contribution in [0.4, 0.5) is 0 Å². The number of hydrogen-bond acceptors (Lipinski definition) is 3. The maximum absolute atomic E-state index is 12.6. The van der Waals surface area contributed by atoms with Crippen LogP contribution in [-0.4, -0.2) is 50.9 Å². The number of hydrogen-bond donors (Lipinski definition) is 1. The maximum atomic E-state index is 12.6. The predicted octanol–water partition coefficient (Wildman–Crippen LogP) is 4.47. The van der Waals surface area contributed by atoms with Crippen molar-refractivity contribution >= 4 is 20.3 Å². The van der Waals surface area contributed by atoms with E-state index >= 15 is 0 Å². The molecule has 1 saturated heterocycles. The highest BCUT2D eigenvalue weighted by molar-refractivity contribution is 6.74. The summed E-state index contributed by atoms with van der Waals surface area (Å²) >= 11 is 0. The van der Waals surface area contributed by atoms with Gasteiger partial charge >= 0.3 is 0 Å². The van der Waals surface area contributed by atoms with E-state index in [1.807, 2.05) is 29.2 Å². The van der Waals surface area contributed by atoms with Crippen LogP contribution < -0.4 is 5.32 Å². The third-order valence-electron chi connectivity index (χ3n) is 5.83. The van der Waals surface area contributed by atoms with Crippen molar-refractivity contribution < 1.29 is 9.22 Å². The number of carbonyl (C=O) groups excluding carboxylic acids is 1. The summed E-state index contributed by atoms with van der Waals surface area (Å²) in [6, 6.07) is 10.2. The zero-order valence-corrected chi connectivity index (χ0v) is 19.1. The highest BCUT2D eigenvalue weighted by Crippen LogP contribution is 2.38. The van der Waals surface area contributed by atoms with E-state index in [-0.39, 0.29) is 23.1 Å². The molecule has 1 heterocycles. The van der Waals surface area contributed by atoms with Crippen LogP contribution in [0.5, 0.6) is 0 Å². The van der Waals surface area contributed by atoms with Crippen molar-refractivity contribution in [2.45, 2.75) is 57.5 Å². The first-order valence-electron chi connectivity index (χ1n) is 10.2. The summed E-state index contributed by atoms with van der Waals surface area (Å²) in [5.74, 6) is 0.134. The lowest BCUT2D eigenvalue weighted by molar-refractivity contribution is -0.136. The van der Waals surface area contributed by atoms with E-state index in [1.54, 1.807) is 0 Å². The molecule has 1 N–H and O–H groups in total. The molecule has 0 aromatic heterocycles. The second-order valence-corrected chi connectivity index (χ2v) is 13.7. The minimum absolute atomic E-state index is 0.0406. The van der Waals surface area contributed by atoms with Gasteiger partial charge in [-0.3, -0.25) is 4.79 Å². The molecule has 0 unspecified atom stereocenters. The lowest BCUT2D eigenvalue weighted by atomic mass is 10.0. The minimum atomic E-state index is -2.02. The smallest absolute Gasteiger partial charge is 0.236 e. The molecule has 0 radical (unpaired) electrons. The van der Waals surface area contributed by atoms with Gasteiger partial charge in [0.2, 0.25) is 5.91 Å². The Hall–Kier alpha value is -1.69. The summed E-state index contributed by atoms with van der Waals surface area (Å²) in [7, 11) is -2.02. The summed E-state index contributed by atoms with van der Waals surface area (Å²) in [4.78, 5) is 14.6. The summed E-state index contributed by atoms with van der Waals surface area (Å²) in [5.41, 5.74) is 1.13. The highest BCUT2D eigenvalue weighted by atomic mass is 28.4. The Morgan fingerprint density at radius 2 is 1.96 bits per heavy atom.